The van der Waals surface area contributed by atoms with E-state index in [-0.39, 0.29) is 18.1 Å². The predicted octanol–water partition coefficient (Wildman–Crippen LogP) is 3.56. The number of rotatable bonds is 5. The van der Waals surface area contributed by atoms with Crippen molar-refractivity contribution in [3.05, 3.63) is 35.4 Å². The van der Waals surface area contributed by atoms with Gasteiger partial charge in [0.2, 0.25) is 0 Å². The Hall–Kier alpha value is -1.45. The number of carbonyl (C=O) groups excluding carboxylic acids is 1. The highest BCUT2D eigenvalue weighted by atomic mass is 19.1. The largest absolute Gasteiger partial charge is 0.462 e. The summed E-state index contributed by atoms with van der Waals surface area (Å²) in [6.45, 7) is 4.25. The van der Waals surface area contributed by atoms with E-state index in [0.29, 0.717) is 6.07 Å². The summed E-state index contributed by atoms with van der Waals surface area (Å²) in [5, 5.41) is 0. The number of halogens is 2. The Morgan fingerprint density at radius 1 is 1.41 bits per heavy atom. The Morgan fingerprint density at radius 3 is 2.71 bits per heavy atom. The summed E-state index contributed by atoms with van der Waals surface area (Å²) in [6, 6.07) is 2.80. The van der Waals surface area contributed by atoms with E-state index in [1.165, 1.54) is 0 Å². The third-order valence-corrected chi connectivity index (χ3v) is 2.43. The quantitative estimate of drug-likeness (QED) is 0.738. The maximum Gasteiger partial charge on any atom is 0.341 e. The lowest BCUT2D eigenvalue weighted by Gasteiger charge is -2.11. The van der Waals surface area contributed by atoms with Crippen LogP contribution in [0.2, 0.25) is 0 Å². The minimum Gasteiger partial charge on any atom is -0.462 e. The van der Waals surface area contributed by atoms with E-state index in [1.807, 2.05) is 13.8 Å². The van der Waals surface area contributed by atoms with Crippen molar-refractivity contribution in [2.45, 2.75) is 26.7 Å². The van der Waals surface area contributed by atoms with Crippen LogP contribution in [0.3, 0.4) is 0 Å². The van der Waals surface area contributed by atoms with E-state index in [2.05, 4.69) is 0 Å². The molecule has 0 amide bonds. The maximum absolute atomic E-state index is 13.2. The zero-order chi connectivity index (χ0) is 12.8. The van der Waals surface area contributed by atoms with Gasteiger partial charge in [-0.3, -0.25) is 0 Å². The lowest BCUT2D eigenvalue weighted by Crippen LogP contribution is -2.13. The molecule has 0 spiro atoms. The number of ether oxygens (including phenoxy) is 1. The maximum atomic E-state index is 13.2. The van der Waals surface area contributed by atoms with E-state index in [4.69, 9.17) is 4.74 Å². The minimum absolute atomic E-state index is 0.227. The molecule has 0 aliphatic rings. The molecule has 0 heterocycles. The van der Waals surface area contributed by atoms with E-state index in [9.17, 15) is 13.6 Å². The first kappa shape index (κ1) is 13.6. The summed E-state index contributed by atoms with van der Waals surface area (Å²) >= 11 is 0. The van der Waals surface area contributed by atoms with Gasteiger partial charge < -0.3 is 4.74 Å². The molecule has 0 fully saturated rings. The standard InChI is InChI=1S/C13H16F2O2/c1-3-4-9(2)8-17-13(16)11-6-5-10(14)7-12(11)15/h5-7,9H,3-4,8H2,1-2H3. The summed E-state index contributed by atoms with van der Waals surface area (Å²) in [7, 11) is 0. The van der Waals surface area contributed by atoms with E-state index < -0.39 is 17.6 Å². The molecular weight excluding hydrogens is 226 g/mol. The van der Waals surface area contributed by atoms with Crippen LogP contribution in [0, 0.1) is 17.6 Å². The van der Waals surface area contributed by atoms with Gasteiger partial charge in [-0.05, 0) is 24.5 Å². The molecule has 1 aromatic rings. The first-order valence-electron chi connectivity index (χ1n) is 5.66. The Balaban J connectivity index is 2.58. The Kier molecular flexibility index (Phi) is 5.07. The number of benzene rings is 1. The average molecular weight is 242 g/mol. The second-order valence-electron chi connectivity index (χ2n) is 4.12. The van der Waals surface area contributed by atoms with Crippen molar-refractivity contribution in [1.82, 2.24) is 0 Å². The molecular formula is C13H16F2O2. The molecule has 17 heavy (non-hydrogen) atoms. The van der Waals surface area contributed by atoms with Gasteiger partial charge in [-0.1, -0.05) is 20.3 Å². The van der Waals surface area contributed by atoms with Crippen molar-refractivity contribution in [2.75, 3.05) is 6.61 Å². The number of carbonyl (C=O) groups is 1. The minimum atomic E-state index is -0.891. The first-order valence-corrected chi connectivity index (χ1v) is 5.66. The summed E-state index contributed by atoms with van der Waals surface area (Å²) in [5.41, 5.74) is -0.227. The molecule has 4 heteroatoms. The lowest BCUT2D eigenvalue weighted by molar-refractivity contribution is 0.0438. The van der Waals surface area contributed by atoms with Gasteiger partial charge in [0, 0.05) is 6.07 Å². The molecule has 0 radical (unpaired) electrons. The molecule has 94 valence electrons. The van der Waals surface area contributed by atoms with Crippen LogP contribution in [-0.2, 0) is 4.74 Å². The number of hydrogen-bond donors (Lipinski definition) is 0. The molecule has 0 N–H and O–H groups in total. The Bertz CT molecular complexity index is 391. The molecule has 0 aromatic heterocycles. The van der Waals surface area contributed by atoms with Gasteiger partial charge in [-0.2, -0.15) is 0 Å². The monoisotopic (exact) mass is 242 g/mol. The van der Waals surface area contributed by atoms with Crippen LogP contribution >= 0.6 is 0 Å². The number of hydrogen-bond acceptors (Lipinski definition) is 2. The molecule has 1 rings (SSSR count). The van der Waals surface area contributed by atoms with Crippen LogP contribution in [0.5, 0.6) is 0 Å². The van der Waals surface area contributed by atoms with E-state index in [0.717, 1.165) is 25.0 Å². The lowest BCUT2D eigenvalue weighted by atomic mass is 10.1. The average Bonchev–Trinajstić information content (AvgIpc) is 2.26. The fraction of sp³-hybridized carbons (Fsp3) is 0.462. The van der Waals surface area contributed by atoms with Crippen LogP contribution < -0.4 is 0 Å². The SMILES string of the molecule is CCCC(C)COC(=O)c1ccc(F)cc1F. The summed E-state index contributed by atoms with van der Waals surface area (Å²) in [4.78, 5) is 11.5. The number of esters is 1. The third-order valence-electron chi connectivity index (χ3n) is 2.43. The second kappa shape index (κ2) is 6.33. The van der Waals surface area contributed by atoms with Gasteiger partial charge in [0.1, 0.15) is 11.6 Å². The van der Waals surface area contributed by atoms with Crippen molar-refractivity contribution in [2.24, 2.45) is 5.92 Å². The molecule has 0 saturated carbocycles. The predicted molar refractivity (Wildman–Crippen MR) is 60.7 cm³/mol. The molecule has 1 unspecified atom stereocenters. The van der Waals surface area contributed by atoms with E-state index >= 15 is 0 Å². The van der Waals surface area contributed by atoms with Gasteiger partial charge in [0.05, 0.1) is 12.2 Å². The topological polar surface area (TPSA) is 26.3 Å². The van der Waals surface area contributed by atoms with Crippen molar-refractivity contribution in [3.63, 3.8) is 0 Å². The van der Waals surface area contributed by atoms with Gasteiger partial charge >= 0.3 is 5.97 Å². The Morgan fingerprint density at radius 2 is 2.12 bits per heavy atom. The Labute approximate surface area is 99.6 Å². The normalized spacial score (nSPS) is 12.2. The van der Waals surface area contributed by atoms with Crippen LogP contribution in [0.25, 0.3) is 0 Å². The zero-order valence-corrected chi connectivity index (χ0v) is 10.0. The van der Waals surface area contributed by atoms with Crippen molar-refractivity contribution in [1.29, 1.82) is 0 Å². The van der Waals surface area contributed by atoms with Crippen molar-refractivity contribution >= 4 is 5.97 Å². The van der Waals surface area contributed by atoms with Crippen molar-refractivity contribution < 1.29 is 18.3 Å². The highest BCUT2D eigenvalue weighted by Crippen LogP contribution is 2.12. The smallest absolute Gasteiger partial charge is 0.341 e. The first-order chi connectivity index (χ1) is 8.04. The molecule has 0 aliphatic carbocycles. The van der Waals surface area contributed by atoms with Crippen LogP contribution in [0.1, 0.15) is 37.0 Å². The summed E-state index contributed by atoms with van der Waals surface area (Å²) in [5.74, 6) is -2.10. The van der Waals surface area contributed by atoms with Gasteiger partial charge in [-0.25, -0.2) is 13.6 Å². The molecule has 0 bridgehead atoms. The fourth-order valence-electron chi connectivity index (χ4n) is 1.53. The van der Waals surface area contributed by atoms with Crippen molar-refractivity contribution in [3.8, 4) is 0 Å². The molecule has 1 aromatic carbocycles. The molecule has 0 aliphatic heterocycles. The molecule has 0 saturated heterocycles. The highest BCUT2D eigenvalue weighted by molar-refractivity contribution is 5.89. The van der Waals surface area contributed by atoms with Crippen LogP contribution in [0.4, 0.5) is 8.78 Å². The van der Waals surface area contributed by atoms with Gasteiger partial charge in [-0.15, -0.1) is 0 Å². The highest BCUT2D eigenvalue weighted by Gasteiger charge is 2.14. The summed E-state index contributed by atoms with van der Waals surface area (Å²) in [6.07, 6.45) is 1.95. The zero-order valence-electron chi connectivity index (χ0n) is 10.0. The fourth-order valence-corrected chi connectivity index (χ4v) is 1.53. The van der Waals surface area contributed by atoms with Gasteiger partial charge in [0.15, 0.2) is 0 Å². The second-order valence-corrected chi connectivity index (χ2v) is 4.12. The summed E-state index contributed by atoms with van der Waals surface area (Å²) < 4.78 is 30.8. The van der Waals surface area contributed by atoms with E-state index in [1.54, 1.807) is 0 Å². The van der Waals surface area contributed by atoms with Gasteiger partial charge in [0.25, 0.3) is 0 Å². The van der Waals surface area contributed by atoms with Crippen LogP contribution in [0.15, 0.2) is 18.2 Å². The van der Waals surface area contributed by atoms with Crippen LogP contribution in [-0.4, -0.2) is 12.6 Å². The third kappa shape index (κ3) is 4.13. The molecule has 1 atom stereocenters. The molecule has 2 nitrogen and oxygen atoms in total.